The molecule has 0 radical (unpaired) electrons. The Kier molecular flexibility index (Phi) is 8.14. The molecule has 0 unspecified atom stereocenters. The van der Waals surface area contributed by atoms with Crippen LogP contribution < -0.4 is 14.8 Å². The summed E-state index contributed by atoms with van der Waals surface area (Å²) in [5, 5.41) is 3.49. The highest BCUT2D eigenvalue weighted by atomic mass is 35.5. The van der Waals surface area contributed by atoms with Crippen molar-refractivity contribution in [3.8, 4) is 11.5 Å². The summed E-state index contributed by atoms with van der Waals surface area (Å²) in [6.07, 6.45) is 1.45. The number of hydrogen-bond donors (Lipinski definition) is 1. The van der Waals surface area contributed by atoms with Crippen molar-refractivity contribution >= 4 is 34.7 Å². The SMILES string of the molecule is CCCOc1ccc(C2=C(Nc3ccc(OC)c(Cl)c3)C(=O)N(CCCOC)C2=O)cc1. The van der Waals surface area contributed by atoms with Crippen molar-refractivity contribution in [3.05, 3.63) is 58.7 Å². The Labute approximate surface area is 192 Å². The number of nitrogens with one attached hydrogen (secondary N) is 1. The van der Waals surface area contributed by atoms with Crippen molar-refractivity contribution in [1.82, 2.24) is 4.90 Å². The predicted molar refractivity (Wildman–Crippen MR) is 124 cm³/mol. The van der Waals surface area contributed by atoms with E-state index in [1.807, 2.05) is 6.92 Å². The predicted octanol–water partition coefficient (Wildman–Crippen LogP) is 4.37. The maximum absolute atomic E-state index is 13.2. The lowest BCUT2D eigenvalue weighted by Crippen LogP contribution is -2.33. The second-order valence-corrected chi connectivity index (χ2v) is 7.61. The number of amides is 2. The Morgan fingerprint density at radius 1 is 1.00 bits per heavy atom. The van der Waals surface area contributed by atoms with E-state index in [4.69, 9.17) is 25.8 Å². The second kappa shape index (κ2) is 11.0. The first-order chi connectivity index (χ1) is 15.5. The molecule has 7 nitrogen and oxygen atoms in total. The Hall–Kier alpha value is -3.03. The molecule has 2 amide bonds. The number of nitrogens with zero attached hydrogens (tertiary/aromatic N) is 1. The zero-order valence-electron chi connectivity index (χ0n) is 18.4. The largest absolute Gasteiger partial charge is 0.495 e. The van der Waals surface area contributed by atoms with Gasteiger partial charge in [-0.2, -0.15) is 0 Å². The summed E-state index contributed by atoms with van der Waals surface area (Å²) in [7, 11) is 3.11. The minimum atomic E-state index is -0.389. The van der Waals surface area contributed by atoms with Crippen LogP contribution in [0.2, 0.25) is 5.02 Å². The van der Waals surface area contributed by atoms with E-state index in [0.29, 0.717) is 53.0 Å². The lowest BCUT2D eigenvalue weighted by atomic mass is 10.0. The molecule has 1 aliphatic rings. The van der Waals surface area contributed by atoms with Crippen molar-refractivity contribution < 1.29 is 23.8 Å². The lowest BCUT2D eigenvalue weighted by molar-refractivity contribution is -0.136. The summed E-state index contributed by atoms with van der Waals surface area (Å²) in [5.41, 5.74) is 1.71. The monoisotopic (exact) mass is 458 g/mol. The molecule has 0 bridgehead atoms. The lowest BCUT2D eigenvalue weighted by Gasteiger charge is -2.15. The Morgan fingerprint density at radius 3 is 2.38 bits per heavy atom. The van der Waals surface area contributed by atoms with Crippen LogP contribution in [-0.4, -0.2) is 50.7 Å². The minimum absolute atomic E-state index is 0.205. The number of ether oxygens (including phenoxy) is 3. The van der Waals surface area contributed by atoms with Crippen LogP contribution in [0.4, 0.5) is 5.69 Å². The summed E-state index contributed by atoms with van der Waals surface area (Å²) in [4.78, 5) is 27.6. The summed E-state index contributed by atoms with van der Waals surface area (Å²) < 4.78 is 15.9. The van der Waals surface area contributed by atoms with E-state index >= 15 is 0 Å². The van der Waals surface area contributed by atoms with Crippen molar-refractivity contribution in [2.45, 2.75) is 19.8 Å². The maximum atomic E-state index is 13.2. The van der Waals surface area contributed by atoms with Gasteiger partial charge in [0, 0.05) is 25.9 Å². The molecule has 0 spiro atoms. The molecule has 170 valence electrons. The Bertz CT molecular complexity index is 1000. The van der Waals surface area contributed by atoms with E-state index < -0.39 is 0 Å². The third-order valence-corrected chi connectivity index (χ3v) is 5.23. The molecule has 0 saturated carbocycles. The first-order valence-corrected chi connectivity index (χ1v) is 10.8. The maximum Gasteiger partial charge on any atom is 0.278 e. The van der Waals surface area contributed by atoms with Crippen LogP contribution in [0, 0.1) is 0 Å². The highest BCUT2D eigenvalue weighted by Crippen LogP contribution is 2.33. The van der Waals surface area contributed by atoms with Crippen molar-refractivity contribution in [3.63, 3.8) is 0 Å². The van der Waals surface area contributed by atoms with Gasteiger partial charge >= 0.3 is 0 Å². The fourth-order valence-corrected chi connectivity index (χ4v) is 3.61. The summed E-state index contributed by atoms with van der Waals surface area (Å²) >= 11 is 6.23. The van der Waals surface area contributed by atoms with Gasteiger partial charge in [0.25, 0.3) is 11.8 Å². The van der Waals surface area contributed by atoms with Crippen molar-refractivity contribution in [2.24, 2.45) is 0 Å². The van der Waals surface area contributed by atoms with Gasteiger partial charge in [-0.15, -0.1) is 0 Å². The number of carbonyl (C=O) groups is 2. The molecule has 3 rings (SSSR count). The zero-order valence-corrected chi connectivity index (χ0v) is 19.2. The van der Waals surface area contributed by atoms with E-state index in [1.165, 1.54) is 12.0 Å². The molecule has 2 aromatic rings. The number of anilines is 1. The third-order valence-electron chi connectivity index (χ3n) is 4.94. The van der Waals surface area contributed by atoms with E-state index in [2.05, 4.69) is 5.32 Å². The fraction of sp³-hybridized carbons (Fsp3) is 0.333. The fourth-order valence-electron chi connectivity index (χ4n) is 3.36. The van der Waals surface area contributed by atoms with Gasteiger partial charge in [-0.25, -0.2) is 0 Å². The summed E-state index contributed by atoms with van der Waals surface area (Å²) in [5.74, 6) is 0.486. The van der Waals surface area contributed by atoms with E-state index in [1.54, 1.807) is 49.6 Å². The average Bonchev–Trinajstić information content (AvgIpc) is 3.02. The Balaban J connectivity index is 1.95. The molecule has 32 heavy (non-hydrogen) atoms. The molecule has 0 fully saturated rings. The summed E-state index contributed by atoms with van der Waals surface area (Å²) in [6, 6.07) is 12.2. The number of carbonyl (C=O) groups excluding carboxylic acids is 2. The van der Waals surface area contributed by atoms with Gasteiger partial charge in [-0.1, -0.05) is 30.7 Å². The molecular weight excluding hydrogens is 432 g/mol. The van der Waals surface area contributed by atoms with Crippen LogP contribution in [0.15, 0.2) is 48.2 Å². The van der Waals surface area contributed by atoms with E-state index in [-0.39, 0.29) is 24.1 Å². The van der Waals surface area contributed by atoms with Crippen LogP contribution in [0.25, 0.3) is 5.57 Å². The smallest absolute Gasteiger partial charge is 0.278 e. The molecule has 1 aliphatic heterocycles. The first-order valence-electron chi connectivity index (χ1n) is 10.4. The molecule has 0 aromatic heterocycles. The van der Waals surface area contributed by atoms with Crippen LogP contribution in [0.3, 0.4) is 0 Å². The third kappa shape index (κ3) is 5.23. The van der Waals surface area contributed by atoms with Crippen LogP contribution >= 0.6 is 11.6 Å². The molecule has 0 saturated heterocycles. The highest BCUT2D eigenvalue weighted by molar-refractivity contribution is 6.36. The topological polar surface area (TPSA) is 77.1 Å². The number of rotatable bonds is 11. The van der Waals surface area contributed by atoms with Gasteiger partial charge in [0.15, 0.2) is 0 Å². The average molecular weight is 459 g/mol. The minimum Gasteiger partial charge on any atom is -0.495 e. The molecule has 0 aliphatic carbocycles. The van der Waals surface area contributed by atoms with E-state index in [0.717, 1.165) is 6.42 Å². The van der Waals surface area contributed by atoms with Crippen LogP contribution in [0.5, 0.6) is 11.5 Å². The number of hydrogen-bond acceptors (Lipinski definition) is 6. The number of benzene rings is 2. The molecular formula is C24H27ClN2O5. The first kappa shape index (κ1) is 23.6. The number of methoxy groups -OCH3 is 2. The number of imide groups is 1. The Morgan fingerprint density at radius 2 is 1.75 bits per heavy atom. The van der Waals surface area contributed by atoms with E-state index in [9.17, 15) is 9.59 Å². The van der Waals surface area contributed by atoms with Crippen LogP contribution in [-0.2, 0) is 14.3 Å². The van der Waals surface area contributed by atoms with Gasteiger partial charge in [-0.05, 0) is 48.7 Å². The van der Waals surface area contributed by atoms with Gasteiger partial charge in [0.05, 0.1) is 24.3 Å². The molecule has 2 aromatic carbocycles. The van der Waals surface area contributed by atoms with Gasteiger partial charge in [0.1, 0.15) is 17.2 Å². The standard InChI is InChI=1S/C24H27ClN2O5/c1-4-13-32-18-9-6-16(7-10-18)21-22(24(29)27(23(21)28)12-5-14-30-2)26-17-8-11-20(31-3)19(25)15-17/h6-11,15,26H,4-5,12-14H2,1-3H3. The van der Waals surface area contributed by atoms with Crippen molar-refractivity contribution in [2.75, 3.05) is 39.3 Å². The van der Waals surface area contributed by atoms with Gasteiger partial charge in [-0.3, -0.25) is 14.5 Å². The highest BCUT2D eigenvalue weighted by Gasteiger charge is 2.38. The van der Waals surface area contributed by atoms with Crippen LogP contribution in [0.1, 0.15) is 25.3 Å². The molecule has 1 heterocycles. The molecule has 8 heteroatoms. The molecule has 1 N–H and O–H groups in total. The normalized spacial score (nSPS) is 13.7. The second-order valence-electron chi connectivity index (χ2n) is 7.21. The molecule has 0 atom stereocenters. The van der Waals surface area contributed by atoms with Gasteiger partial charge < -0.3 is 19.5 Å². The number of halogens is 1. The zero-order chi connectivity index (χ0) is 23.1. The quantitative estimate of drug-likeness (QED) is 0.398. The van der Waals surface area contributed by atoms with Gasteiger partial charge in [0.2, 0.25) is 0 Å². The summed E-state index contributed by atoms with van der Waals surface area (Å²) in [6.45, 7) is 3.36. The van der Waals surface area contributed by atoms with Crippen molar-refractivity contribution in [1.29, 1.82) is 0 Å².